The lowest BCUT2D eigenvalue weighted by molar-refractivity contribution is 0.305. The predicted octanol–water partition coefficient (Wildman–Crippen LogP) is 3.91. The van der Waals surface area contributed by atoms with Crippen molar-refractivity contribution in [1.29, 1.82) is 0 Å². The molecule has 0 bridgehead atoms. The Morgan fingerprint density at radius 1 is 1.39 bits per heavy atom. The Balaban J connectivity index is 1.71. The number of hydrogen-bond acceptors (Lipinski definition) is 3. The van der Waals surface area contributed by atoms with Crippen LogP contribution in [0.25, 0.3) is 0 Å². The molecule has 1 aromatic heterocycles. The Morgan fingerprint density at radius 3 is 3.00 bits per heavy atom. The van der Waals surface area contributed by atoms with Gasteiger partial charge in [0.05, 0.1) is 6.61 Å². The van der Waals surface area contributed by atoms with E-state index in [1.165, 1.54) is 36.3 Å². The maximum Gasteiger partial charge on any atom is 0.0540 e. The molecule has 1 N–H and O–H groups in total. The first-order valence-electron chi connectivity index (χ1n) is 6.63. The second-order valence-corrected chi connectivity index (χ2v) is 6.77. The van der Waals surface area contributed by atoms with Crippen LogP contribution in [0.3, 0.4) is 0 Å². The smallest absolute Gasteiger partial charge is 0.0540 e. The molecule has 0 aromatic carbocycles. The molecule has 0 aliphatic heterocycles. The summed E-state index contributed by atoms with van der Waals surface area (Å²) in [6.07, 6.45) is 6.33. The number of aliphatic hydroxyl groups excluding tert-OH is 1. The van der Waals surface area contributed by atoms with Crippen molar-refractivity contribution in [3.63, 3.8) is 0 Å². The van der Waals surface area contributed by atoms with Gasteiger partial charge in [-0.05, 0) is 30.6 Å². The molecule has 1 heterocycles. The van der Waals surface area contributed by atoms with Gasteiger partial charge in [0.25, 0.3) is 0 Å². The molecule has 0 spiro atoms. The molecule has 0 radical (unpaired) electrons. The van der Waals surface area contributed by atoms with Crippen LogP contribution in [0.4, 0.5) is 0 Å². The van der Waals surface area contributed by atoms with E-state index in [-0.39, 0.29) is 6.61 Å². The molecule has 1 aliphatic carbocycles. The van der Waals surface area contributed by atoms with Crippen molar-refractivity contribution in [2.24, 2.45) is 5.92 Å². The molecular weight excluding hydrogens is 260 g/mol. The lowest BCUT2D eigenvalue weighted by atomic mass is 10.1. The van der Waals surface area contributed by atoms with Crippen molar-refractivity contribution in [2.45, 2.75) is 37.9 Å². The van der Waals surface area contributed by atoms with Crippen LogP contribution in [0.1, 0.15) is 42.5 Å². The minimum Gasteiger partial charge on any atom is -0.395 e. The fraction of sp³-hybridized carbons (Fsp3) is 0.600. The summed E-state index contributed by atoms with van der Waals surface area (Å²) in [4.78, 5) is 1.42. The third kappa shape index (κ3) is 4.68. The molecule has 0 unspecified atom stereocenters. The van der Waals surface area contributed by atoms with Crippen LogP contribution in [0, 0.1) is 17.8 Å². The number of thioether (sulfide) groups is 1. The van der Waals surface area contributed by atoms with Crippen molar-refractivity contribution in [1.82, 2.24) is 0 Å². The standard InChI is InChI=1S/C15H20OS2/c16-8-4-3-7-14-9-15(18-11-14)12-17-10-13-5-1-2-6-13/h9,11,13,16H,1-2,4-6,8,10,12H2. The average Bonchev–Trinajstić information content (AvgIpc) is 3.01. The van der Waals surface area contributed by atoms with Gasteiger partial charge in [-0.15, -0.1) is 11.3 Å². The Labute approximate surface area is 118 Å². The monoisotopic (exact) mass is 280 g/mol. The fourth-order valence-electron chi connectivity index (χ4n) is 2.25. The van der Waals surface area contributed by atoms with Crippen LogP contribution in [0.5, 0.6) is 0 Å². The van der Waals surface area contributed by atoms with Gasteiger partial charge in [0, 0.05) is 28.0 Å². The highest BCUT2D eigenvalue weighted by Crippen LogP contribution is 2.29. The van der Waals surface area contributed by atoms with Gasteiger partial charge in [0.15, 0.2) is 0 Å². The van der Waals surface area contributed by atoms with Crippen LogP contribution in [0.15, 0.2) is 11.4 Å². The quantitative estimate of drug-likeness (QED) is 0.825. The van der Waals surface area contributed by atoms with E-state index in [0.717, 1.165) is 17.2 Å². The second kappa shape index (κ2) is 7.89. The molecule has 98 valence electrons. The summed E-state index contributed by atoms with van der Waals surface area (Å²) in [5.74, 6) is 9.48. The van der Waals surface area contributed by atoms with E-state index in [0.29, 0.717) is 6.42 Å². The van der Waals surface area contributed by atoms with E-state index < -0.39 is 0 Å². The SMILES string of the molecule is OCCC#Cc1csc(CSCC2CCCC2)c1. The maximum absolute atomic E-state index is 8.67. The zero-order valence-corrected chi connectivity index (χ0v) is 12.3. The summed E-state index contributed by atoms with van der Waals surface area (Å²) >= 11 is 3.87. The molecule has 1 aliphatic rings. The molecule has 0 amide bonds. The largest absolute Gasteiger partial charge is 0.395 e. The van der Waals surface area contributed by atoms with Gasteiger partial charge in [-0.1, -0.05) is 24.7 Å². The average molecular weight is 280 g/mol. The van der Waals surface area contributed by atoms with E-state index in [1.54, 1.807) is 11.3 Å². The lowest BCUT2D eigenvalue weighted by Crippen LogP contribution is -1.96. The Morgan fingerprint density at radius 2 is 2.22 bits per heavy atom. The molecule has 2 rings (SSSR count). The molecule has 18 heavy (non-hydrogen) atoms. The summed E-state index contributed by atoms with van der Waals surface area (Å²) in [6, 6.07) is 2.19. The van der Waals surface area contributed by atoms with Gasteiger partial charge >= 0.3 is 0 Å². The van der Waals surface area contributed by atoms with Gasteiger partial charge in [0.1, 0.15) is 0 Å². The second-order valence-electron chi connectivity index (χ2n) is 4.74. The lowest BCUT2D eigenvalue weighted by Gasteiger charge is -2.06. The minimum atomic E-state index is 0.154. The predicted molar refractivity (Wildman–Crippen MR) is 81.0 cm³/mol. The van der Waals surface area contributed by atoms with Crippen molar-refractivity contribution in [2.75, 3.05) is 12.4 Å². The molecular formula is C15H20OS2. The van der Waals surface area contributed by atoms with Crippen LogP contribution in [0.2, 0.25) is 0 Å². The number of thiophene rings is 1. The third-order valence-electron chi connectivity index (χ3n) is 3.20. The van der Waals surface area contributed by atoms with Crippen molar-refractivity contribution in [3.05, 3.63) is 21.9 Å². The van der Waals surface area contributed by atoms with E-state index >= 15 is 0 Å². The topological polar surface area (TPSA) is 20.2 Å². The molecule has 0 saturated heterocycles. The summed E-state index contributed by atoms with van der Waals surface area (Å²) < 4.78 is 0. The van der Waals surface area contributed by atoms with Crippen LogP contribution in [-0.4, -0.2) is 17.5 Å². The summed E-state index contributed by atoms with van der Waals surface area (Å²) in [6.45, 7) is 0.154. The van der Waals surface area contributed by atoms with E-state index in [2.05, 4.69) is 35.0 Å². The first-order chi connectivity index (χ1) is 8.88. The first-order valence-corrected chi connectivity index (χ1v) is 8.67. The van der Waals surface area contributed by atoms with E-state index in [9.17, 15) is 0 Å². The number of rotatable bonds is 5. The third-order valence-corrected chi connectivity index (χ3v) is 5.54. The Kier molecular flexibility index (Phi) is 6.13. The number of aliphatic hydroxyl groups is 1. The Bertz CT molecular complexity index is 408. The number of hydrogen-bond donors (Lipinski definition) is 1. The van der Waals surface area contributed by atoms with E-state index in [1.807, 2.05) is 0 Å². The zero-order chi connectivity index (χ0) is 12.6. The highest BCUT2D eigenvalue weighted by Gasteiger charge is 2.14. The minimum absolute atomic E-state index is 0.154. The molecule has 1 aromatic rings. The normalized spacial score (nSPS) is 15.6. The van der Waals surface area contributed by atoms with Crippen LogP contribution in [-0.2, 0) is 5.75 Å². The zero-order valence-electron chi connectivity index (χ0n) is 10.7. The molecule has 1 fully saturated rings. The summed E-state index contributed by atoms with van der Waals surface area (Å²) in [7, 11) is 0. The summed E-state index contributed by atoms with van der Waals surface area (Å²) in [5, 5.41) is 10.8. The van der Waals surface area contributed by atoms with Gasteiger partial charge in [0.2, 0.25) is 0 Å². The molecule has 3 heteroatoms. The van der Waals surface area contributed by atoms with Gasteiger partial charge in [-0.25, -0.2) is 0 Å². The van der Waals surface area contributed by atoms with Gasteiger partial charge in [-0.2, -0.15) is 11.8 Å². The van der Waals surface area contributed by atoms with Crippen LogP contribution < -0.4 is 0 Å². The summed E-state index contributed by atoms with van der Waals surface area (Å²) in [5.41, 5.74) is 1.10. The highest BCUT2D eigenvalue weighted by molar-refractivity contribution is 7.98. The maximum atomic E-state index is 8.67. The molecule has 1 saturated carbocycles. The van der Waals surface area contributed by atoms with E-state index in [4.69, 9.17) is 5.11 Å². The van der Waals surface area contributed by atoms with Crippen molar-refractivity contribution < 1.29 is 5.11 Å². The van der Waals surface area contributed by atoms with Crippen molar-refractivity contribution in [3.8, 4) is 11.8 Å². The Hall–Kier alpha value is -0.430. The van der Waals surface area contributed by atoms with Crippen molar-refractivity contribution >= 4 is 23.1 Å². The van der Waals surface area contributed by atoms with Gasteiger partial charge in [-0.3, -0.25) is 0 Å². The molecule has 1 nitrogen and oxygen atoms in total. The first kappa shape index (κ1) is 14.0. The highest BCUT2D eigenvalue weighted by atomic mass is 32.2. The molecule has 0 atom stereocenters. The van der Waals surface area contributed by atoms with Gasteiger partial charge < -0.3 is 5.11 Å². The van der Waals surface area contributed by atoms with Crippen LogP contribution >= 0.6 is 23.1 Å². The fourth-order valence-corrected chi connectivity index (χ4v) is 4.44.